The molecule has 1 aromatic carbocycles. The maximum Gasteiger partial charge on any atom is 0.227 e. The molecule has 0 aromatic heterocycles. The first-order valence-electron chi connectivity index (χ1n) is 11.5. The van der Waals surface area contributed by atoms with E-state index in [4.69, 9.17) is 27.9 Å². The number of ether oxygens (including phenoxy) is 1. The van der Waals surface area contributed by atoms with Crippen molar-refractivity contribution < 1.29 is 9.53 Å². The fourth-order valence-corrected chi connectivity index (χ4v) is 6.68. The van der Waals surface area contributed by atoms with Crippen LogP contribution in [0, 0.1) is 11.8 Å². The summed E-state index contributed by atoms with van der Waals surface area (Å²) < 4.78 is 6.29. The van der Waals surface area contributed by atoms with Crippen molar-refractivity contribution in [2.45, 2.75) is 69.1 Å². The number of likely N-dealkylation sites (tertiary alicyclic amines) is 1. The number of likely N-dealkylation sites (N-methyl/N-ethyl adjacent to an activating group) is 1. The normalized spacial score (nSPS) is 36.0. The Morgan fingerprint density at radius 3 is 2.57 bits per heavy atom. The molecular formula is C24H32Cl2N2O2. The van der Waals surface area contributed by atoms with E-state index >= 15 is 0 Å². The van der Waals surface area contributed by atoms with Crippen LogP contribution >= 0.6 is 23.2 Å². The molecule has 0 bridgehead atoms. The summed E-state index contributed by atoms with van der Waals surface area (Å²) >= 11 is 12.2. The van der Waals surface area contributed by atoms with Crippen LogP contribution in [-0.2, 0) is 16.0 Å². The van der Waals surface area contributed by atoms with E-state index in [1.807, 2.05) is 24.1 Å². The third-order valence-corrected chi connectivity index (χ3v) is 9.06. The number of hydrogen-bond acceptors (Lipinski definition) is 3. The van der Waals surface area contributed by atoms with Gasteiger partial charge < -0.3 is 9.64 Å². The highest BCUT2D eigenvalue weighted by Gasteiger charge is 2.50. The van der Waals surface area contributed by atoms with Gasteiger partial charge in [-0.3, -0.25) is 9.69 Å². The van der Waals surface area contributed by atoms with Gasteiger partial charge >= 0.3 is 0 Å². The number of amides is 1. The predicted molar refractivity (Wildman–Crippen MR) is 120 cm³/mol. The van der Waals surface area contributed by atoms with Crippen LogP contribution in [-0.4, -0.2) is 60.1 Å². The van der Waals surface area contributed by atoms with Gasteiger partial charge in [-0.25, -0.2) is 0 Å². The quantitative estimate of drug-likeness (QED) is 0.659. The summed E-state index contributed by atoms with van der Waals surface area (Å²) in [5, 5.41) is 1.03. The first-order valence-corrected chi connectivity index (χ1v) is 12.3. The van der Waals surface area contributed by atoms with E-state index in [0.29, 0.717) is 22.5 Å². The largest absolute Gasteiger partial charge is 0.375 e. The Hall–Kier alpha value is -0.810. The molecule has 1 spiro atoms. The van der Waals surface area contributed by atoms with Gasteiger partial charge in [-0.05, 0) is 74.5 Å². The van der Waals surface area contributed by atoms with Crippen LogP contribution in [0.1, 0.15) is 50.5 Å². The molecule has 164 valence electrons. The Bertz CT molecular complexity index is 798. The zero-order valence-electron chi connectivity index (χ0n) is 17.8. The summed E-state index contributed by atoms with van der Waals surface area (Å²) in [5.74, 6) is 1.92. The van der Waals surface area contributed by atoms with Gasteiger partial charge in [-0.1, -0.05) is 29.3 Å². The molecule has 4 nitrogen and oxygen atoms in total. The highest BCUT2D eigenvalue weighted by atomic mass is 35.5. The van der Waals surface area contributed by atoms with Gasteiger partial charge in [0, 0.05) is 38.8 Å². The lowest BCUT2D eigenvalue weighted by Gasteiger charge is -2.48. The van der Waals surface area contributed by atoms with Gasteiger partial charge in [0.2, 0.25) is 5.91 Å². The Balaban J connectivity index is 1.32. The van der Waals surface area contributed by atoms with Gasteiger partial charge in [-0.2, -0.15) is 0 Å². The third-order valence-electron chi connectivity index (χ3n) is 8.32. The van der Waals surface area contributed by atoms with Crippen molar-refractivity contribution in [2.75, 3.05) is 26.7 Å². The first kappa shape index (κ1) is 21.1. The summed E-state index contributed by atoms with van der Waals surface area (Å²) in [6.07, 6.45) is 8.65. The van der Waals surface area contributed by atoms with Crippen LogP contribution < -0.4 is 0 Å². The molecule has 5 rings (SSSR count). The minimum Gasteiger partial charge on any atom is -0.375 e. The molecule has 2 heterocycles. The van der Waals surface area contributed by atoms with Crippen molar-refractivity contribution in [3.8, 4) is 0 Å². The molecule has 5 unspecified atom stereocenters. The van der Waals surface area contributed by atoms with E-state index < -0.39 is 0 Å². The van der Waals surface area contributed by atoms with Crippen LogP contribution in [0.4, 0.5) is 0 Å². The number of carbonyl (C=O) groups excluding carboxylic acids is 1. The lowest BCUT2D eigenvalue weighted by molar-refractivity contribution is -0.136. The Morgan fingerprint density at radius 2 is 1.93 bits per heavy atom. The summed E-state index contributed by atoms with van der Waals surface area (Å²) in [6, 6.07) is 6.15. The SMILES string of the molecule is CN(C(=O)Cc1ccc(Cl)c(Cl)c1)C1CCC2(CCCO2)CC1N1CC2CCC2C1. The number of carbonyl (C=O) groups is 1. The number of hydrogen-bond donors (Lipinski definition) is 0. The van der Waals surface area contributed by atoms with Gasteiger partial charge in [0.05, 0.1) is 22.1 Å². The molecule has 0 N–H and O–H groups in total. The Morgan fingerprint density at radius 1 is 1.17 bits per heavy atom. The molecule has 0 radical (unpaired) electrons. The van der Waals surface area contributed by atoms with Gasteiger partial charge in [0.1, 0.15) is 0 Å². The Labute approximate surface area is 189 Å². The van der Waals surface area contributed by atoms with Crippen molar-refractivity contribution >= 4 is 29.1 Å². The smallest absolute Gasteiger partial charge is 0.227 e. The van der Waals surface area contributed by atoms with Crippen LogP contribution in [0.2, 0.25) is 10.0 Å². The van der Waals surface area contributed by atoms with Gasteiger partial charge in [0.25, 0.3) is 0 Å². The second-order valence-corrected chi connectivity index (χ2v) is 10.8. The number of halogens is 2. The third kappa shape index (κ3) is 3.90. The fourth-order valence-electron chi connectivity index (χ4n) is 6.36. The average Bonchev–Trinajstić information content (AvgIpc) is 3.28. The van der Waals surface area contributed by atoms with E-state index in [-0.39, 0.29) is 17.6 Å². The van der Waals surface area contributed by atoms with Crippen LogP contribution in [0.15, 0.2) is 18.2 Å². The molecule has 2 saturated heterocycles. The number of nitrogens with zero attached hydrogens (tertiary/aromatic N) is 2. The zero-order chi connectivity index (χ0) is 20.9. The highest BCUT2D eigenvalue weighted by Crippen LogP contribution is 2.47. The van der Waals surface area contributed by atoms with Crippen LogP contribution in [0.5, 0.6) is 0 Å². The lowest BCUT2D eigenvalue weighted by atomic mass is 9.76. The number of fused-ring (bicyclic) bond motifs is 1. The summed E-state index contributed by atoms with van der Waals surface area (Å²) in [5.41, 5.74) is 0.972. The van der Waals surface area contributed by atoms with E-state index in [1.54, 1.807) is 6.07 Å². The molecule has 30 heavy (non-hydrogen) atoms. The maximum atomic E-state index is 13.2. The molecule has 4 aliphatic rings. The van der Waals surface area contributed by atoms with Gasteiger partial charge in [-0.15, -0.1) is 0 Å². The van der Waals surface area contributed by atoms with Crippen molar-refractivity contribution in [1.29, 1.82) is 0 Å². The van der Waals surface area contributed by atoms with E-state index in [1.165, 1.54) is 38.8 Å². The molecule has 1 amide bonds. The molecular weight excluding hydrogens is 419 g/mol. The van der Waals surface area contributed by atoms with E-state index in [0.717, 1.165) is 43.3 Å². The minimum absolute atomic E-state index is 0.0520. The van der Waals surface area contributed by atoms with E-state index in [9.17, 15) is 4.79 Å². The minimum atomic E-state index is 0.0520. The van der Waals surface area contributed by atoms with Crippen molar-refractivity contribution in [2.24, 2.45) is 11.8 Å². The van der Waals surface area contributed by atoms with Crippen LogP contribution in [0.25, 0.3) is 0 Å². The summed E-state index contributed by atoms with van der Waals surface area (Å²) in [7, 11) is 2.00. The molecule has 2 aliphatic heterocycles. The van der Waals surface area contributed by atoms with Crippen molar-refractivity contribution in [1.82, 2.24) is 9.80 Å². The molecule has 6 heteroatoms. The number of rotatable bonds is 4. The topological polar surface area (TPSA) is 32.8 Å². The lowest BCUT2D eigenvalue weighted by Crippen LogP contribution is -2.58. The molecule has 2 aliphatic carbocycles. The standard InChI is InChI=1S/C24H32Cl2N2O2/c1-27(23(29)12-16-3-6-19(25)20(26)11-16)21-7-9-24(8-2-10-30-24)13-22(21)28-14-17-4-5-18(17)15-28/h3,6,11,17-18,21-22H,2,4-5,7-10,12-15H2,1H3. The van der Waals surface area contributed by atoms with Gasteiger partial charge in [0.15, 0.2) is 0 Å². The molecule has 1 aromatic rings. The molecule has 2 saturated carbocycles. The Kier molecular flexibility index (Phi) is 5.81. The first-order chi connectivity index (χ1) is 14.4. The van der Waals surface area contributed by atoms with Crippen molar-refractivity contribution in [3.63, 3.8) is 0 Å². The summed E-state index contributed by atoms with van der Waals surface area (Å²) in [6.45, 7) is 3.31. The fraction of sp³-hybridized carbons (Fsp3) is 0.708. The number of benzene rings is 1. The average molecular weight is 451 g/mol. The monoisotopic (exact) mass is 450 g/mol. The molecule has 4 fully saturated rings. The predicted octanol–water partition coefficient (Wildman–Crippen LogP) is 4.81. The van der Waals surface area contributed by atoms with Crippen LogP contribution in [0.3, 0.4) is 0 Å². The zero-order valence-corrected chi connectivity index (χ0v) is 19.3. The van der Waals surface area contributed by atoms with Crippen molar-refractivity contribution in [3.05, 3.63) is 33.8 Å². The second-order valence-electron chi connectivity index (χ2n) is 9.99. The maximum absolute atomic E-state index is 13.2. The second kappa shape index (κ2) is 8.27. The summed E-state index contributed by atoms with van der Waals surface area (Å²) in [4.78, 5) is 18.0. The highest BCUT2D eigenvalue weighted by molar-refractivity contribution is 6.42. The van der Waals surface area contributed by atoms with E-state index in [2.05, 4.69) is 4.90 Å². The molecule has 5 atom stereocenters.